The third-order valence-electron chi connectivity index (χ3n) is 4.36. The molecule has 1 aliphatic rings. The molecule has 2 N–H and O–H groups in total. The van der Waals surface area contributed by atoms with Crippen molar-refractivity contribution in [2.75, 3.05) is 5.32 Å². The molecule has 0 aliphatic heterocycles. The molecule has 30 heavy (non-hydrogen) atoms. The molecule has 0 radical (unpaired) electrons. The fraction of sp³-hybridized carbons (Fsp3) is 0.190. The van der Waals surface area contributed by atoms with Gasteiger partial charge in [0.2, 0.25) is 10.0 Å². The van der Waals surface area contributed by atoms with E-state index in [2.05, 4.69) is 26.0 Å². The normalized spacial score (nSPS) is 13.8. The summed E-state index contributed by atoms with van der Waals surface area (Å²) < 4.78 is 39.4. The largest absolute Gasteiger partial charge is 0.486 e. The van der Waals surface area contributed by atoms with Crippen molar-refractivity contribution in [3.05, 3.63) is 76.7 Å². The lowest BCUT2D eigenvalue weighted by atomic mass is 10.3. The van der Waals surface area contributed by atoms with Crippen molar-refractivity contribution in [2.45, 2.75) is 30.4 Å². The summed E-state index contributed by atoms with van der Waals surface area (Å²) in [5, 5.41) is 2.66. The van der Waals surface area contributed by atoms with Crippen molar-refractivity contribution >= 4 is 37.5 Å². The van der Waals surface area contributed by atoms with E-state index in [1.54, 1.807) is 24.3 Å². The molecule has 0 unspecified atom stereocenters. The van der Waals surface area contributed by atoms with E-state index in [1.807, 2.05) is 24.3 Å². The quantitative estimate of drug-likeness (QED) is 0.490. The second-order valence-corrected chi connectivity index (χ2v) is 9.52. The predicted octanol–water partition coefficient (Wildman–Crippen LogP) is 4.31. The number of nitrogens with one attached hydrogen (secondary N) is 2. The van der Waals surface area contributed by atoms with Gasteiger partial charge >= 0.3 is 0 Å². The molecule has 1 aromatic heterocycles. The zero-order valence-electron chi connectivity index (χ0n) is 15.8. The molecule has 1 saturated carbocycles. The Bertz CT molecular complexity index is 1170. The number of anilines is 1. The molecule has 9 heteroatoms. The van der Waals surface area contributed by atoms with Crippen LogP contribution in [0.1, 0.15) is 29.2 Å². The first-order valence-corrected chi connectivity index (χ1v) is 11.6. The number of sulfonamides is 1. The minimum Gasteiger partial charge on any atom is -0.486 e. The van der Waals surface area contributed by atoms with Gasteiger partial charge in [0.05, 0.1) is 4.90 Å². The molecule has 0 atom stereocenters. The Morgan fingerprint density at radius 2 is 1.90 bits per heavy atom. The smallest absolute Gasteiger partial charge is 0.291 e. The molecular weight excluding hydrogens is 472 g/mol. The molecule has 1 amide bonds. The van der Waals surface area contributed by atoms with Crippen LogP contribution in [0.3, 0.4) is 0 Å². The van der Waals surface area contributed by atoms with Crippen LogP contribution < -0.4 is 14.8 Å². The molecule has 156 valence electrons. The van der Waals surface area contributed by atoms with Crippen LogP contribution in [-0.4, -0.2) is 20.4 Å². The van der Waals surface area contributed by atoms with E-state index in [0.29, 0.717) is 17.2 Å². The van der Waals surface area contributed by atoms with E-state index in [0.717, 1.165) is 17.3 Å². The summed E-state index contributed by atoms with van der Waals surface area (Å²) in [5.74, 6) is 0.787. The van der Waals surface area contributed by atoms with Gasteiger partial charge in [-0.05, 0) is 61.4 Å². The summed E-state index contributed by atoms with van der Waals surface area (Å²) in [5.41, 5.74) is 0.363. The first-order chi connectivity index (χ1) is 14.4. The maximum Gasteiger partial charge on any atom is 0.291 e. The highest BCUT2D eigenvalue weighted by molar-refractivity contribution is 9.10. The number of rotatable bonds is 8. The maximum absolute atomic E-state index is 12.5. The fourth-order valence-corrected chi connectivity index (χ4v) is 4.44. The van der Waals surface area contributed by atoms with Gasteiger partial charge in [0, 0.05) is 16.2 Å². The van der Waals surface area contributed by atoms with Gasteiger partial charge in [0.1, 0.15) is 18.1 Å². The highest BCUT2D eigenvalue weighted by Crippen LogP contribution is 2.24. The van der Waals surface area contributed by atoms with Gasteiger partial charge in [0.15, 0.2) is 5.76 Å². The van der Waals surface area contributed by atoms with Gasteiger partial charge in [-0.2, -0.15) is 0 Å². The molecular formula is C21H19BrN2O5S. The summed E-state index contributed by atoms with van der Waals surface area (Å²) in [6.07, 6.45) is 1.70. The minimum atomic E-state index is -3.60. The van der Waals surface area contributed by atoms with E-state index in [-0.39, 0.29) is 23.3 Å². The van der Waals surface area contributed by atoms with Crippen molar-refractivity contribution in [1.29, 1.82) is 0 Å². The number of hydrogen-bond donors (Lipinski definition) is 2. The van der Waals surface area contributed by atoms with E-state index < -0.39 is 15.9 Å². The van der Waals surface area contributed by atoms with Gasteiger partial charge in [-0.3, -0.25) is 4.79 Å². The fourth-order valence-electron chi connectivity index (χ4n) is 2.71. The topological polar surface area (TPSA) is 97.6 Å². The monoisotopic (exact) mass is 490 g/mol. The highest BCUT2D eigenvalue weighted by atomic mass is 79.9. The third-order valence-corrected chi connectivity index (χ3v) is 6.38. The summed E-state index contributed by atoms with van der Waals surface area (Å²) in [6, 6.07) is 16.7. The Hall–Kier alpha value is -2.62. The maximum atomic E-state index is 12.5. The number of furan rings is 1. The lowest BCUT2D eigenvalue weighted by Gasteiger charge is -2.08. The summed E-state index contributed by atoms with van der Waals surface area (Å²) in [4.78, 5) is 12.6. The molecule has 0 saturated heterocycles. The molecule has 2 aromatic carbocycles. The number of carbonyl (C=O) groups excluding carboxylic acids is 1. The van der Waals surface area contributed by atoms with Gasteiger partial charge in [0.25, 0.3) is 5.91 Å². The first kappa shape index (κ1) is 20.6. The lowest BCUT2D eigenvalue weighted by molar-refractivity contribution is 0.0992. The van der Waals surface area contributed by atoms with Crippen LogP contribution in [0.4, 0.5) is 5.69 Å². The van der Waals surface area contributed by atoms with Crippen LogP contribution in [0.25, 0.3) is 0 Å². The number of carbonyl (C=O) groups is 1. The predicted molar refractivity (Wildman–Crippen MR) is 115 cm³/mol. The number of amides is 1. The zero-order valence-corrected chi connectivity index (χ0v) is 18.2. The van der Waals surface area contributed by atoms with E-state index >= 15 is 0 Å². The van der Waals surface area contributed by atoms with E-state index in [4.69, 9.17) is 9.15 Å². The Labute approximate surface area is 182 Å². The number of ether oxygens (including phenoxy) is 1. The first-order valence-electron chi connectivity index (χ1n) is 9.30. The van der Waals surface area contributed by atoms with E-state index in [1.165, 1.54) is 12.1 Å². The van der Waals surface area contributed by atoms with Gasteiger partial charge in [-0.15, -0.1) is 0 Å². The lowest BCUT2D eigenvalue weighted by Crippen LogP contribution is -2.25. The Kier molecular flexibility index (Phi) is 5.94. The standard InChI is InChI=1S/C21H19BrN2O5S/c22-14-3-1-5-17(11-14)28-13-18-9-10-20(29-18)21(25)23-16-4-2-6-19(12-16)30(26,27)24-15-7-8-15/h1-6,9-12,15,24H,7-8,13H2,(H,23,25). The van der Waals surface area contributed by atoms with E-state index in [9.17, 15) is 13.2 Å². The minimum absolute atomic E-state index is 0.00834. The molecule has 0 bridgehead atoms. The Morgan fingerprint density at radius 3 is 2.67 bits per heavy atom. The van der Waals surface area contributed by atoms with Crippen molar-refractivity contribution < 1.29 is 22.4 Å². The molecule has 1 aliphatic carbocycles. The molecule has 7 nitrogen and oxygen atoms in total. The van der Waals surface area contributed by atoms with Gasteiger partial charge in [-0.25, -0.2) is 13.1 Å². The van der Waals surface area contributed by atoms with Gasteiger partial charge < -0.3 is 14.5 Å². The molecule has 0 spiro atoms. The second-order valence-electron chi connectivity index (χ2n) is 6.89. The average molecular weight is 491 g/mol. The Balaban J connectivity index is 1.39. The highest BCUT2D eigenvalue weighted by Gasteiger charge is 2.28. The Morgan fingerprint density at radius 1 is 1.10 bits per heavy atom. The number of halogens is 1. The number of hydrogen-bond acceptors (Lipinski definition) is 5. The van der Waals surface area contributed by atoms with Gasteiger partial charge in [-0.1, -0.05) is 28.1 Å². The van der Waals surface area contributed by atoms with Crippen molar-refractivity contribution in [1.82, 2.24) is 4.72 Å². The van der Waals surface area contributed by atoms with Crippen LogP contribution >= 0.6 is 15.9 Å². The van der Waals surface area contributed by atoms with Crippen LogP contribution in [0.2, 0.25) is 0 Å². The van der Waals surface area contributed by atoms with Crippen LogP contribution in [-0.2, 0) is 16.6 Å². The van der Waals surface area contributed by atoms with Crippen LogP contribution in [0.15, 0.2) is 74.4 Å². The second kappa shape index (κ2) is 8.63. The average Bonchev–Trinajstić information content (AvgIpc) is 3.38. The summed E-state index contributed by atoms with van der Waals surface area (Å²) >= 11 is 3.38. The van der Waals surface area contributed by atoms with Crippen molar-refractivity contribution in [3.8, 4) is 5.75 Å². The van der Waals surface area contributed by atoms with Crippen LogP contribution in [0.5, 0.6) is 5.75 Å². The van der Waals surface area contributed by atoms with Crippen LogP contribution in [0, 0.1) is 0 Å². The molecule has 3 aromatic rings. The molecule has 1 fully saturated rings. The molecule has 4 rings (SSSR count). The summed E-state index contributed by atoms with van der Waals surface area (Å²) in [6.45, 7) is 0.171. The summed E-state index contributed by atoms with van der Waals surface area (Å²) in [7, 11) is -3.60. The molecule has 1 heterocycles. The third kappa shape index (κ3) is 5.29. The van der Waals surface area contributed by atoms with Crippen molar-refractivity contribution in [3.63, 3.8) is 0 Å². The zero-order chi connectivity index (χ0) is 21.1. The SMILES string of the molecule is O=C(Nc1cccc(S(=O)(=O)NC2CC2)c1)c1ccc(COc2cccc(Br)c2)o1. The number of benzene rings is 2. The van der Waals surface area contributed by atoms with Crippen molar-refractivity contribution in [2.24, 2.45) is 0 Å².